The van der Waals surface area contributed by atoms with Crippen LogP contribution in [0.1, 0.15) is 27.3 Å². The Morgan fingerprint density at radius 3 is 2.68 bits per heavy atom. The maximum absolute atomic E-state index is 13.1. The number of carboxylic acid groups (broad SMARTS) is 1. The van der Waals surface area contributed by atoms with E-state index in [0.29, 0.717) is 39.3 Å². The lowest BCUT2D eigenvalue weighted by Gasteiger charge is -2.14. The molecule has 0 unspecified atom stereocenters. The first-order chi connectivity index (χ1) is 17.8. The van der Waals surface area contributed by atoms with Gasteiger partial charge in [0.25, 0.3) is 5.91 Å². The summed E-state index contributed by atoms with van der Waals surface area (Å²) in [6, 6.07) is 16.1. The fraction of sp³-hybridized carbons (Fsp3) is 0.148. The number of fused-ring (bicyclic) bond motifs is 1. The van der Waals surface area contributed by atoms with Crippen LogP contribution >= 0.6 is 24.0 Å². The van der Waals surface area contributed by atoms with Crippen LogP contribution < -0.4 is 4.74 Å². The van der Waals surface area contributed by atoms with Crippen molar-refractivity contribution in [1.29, 1.82) is 0 Å². The molecule has 0 radical (unpaired) electrons. The molecular formula is C27H22N4O4S2. The van der Waals surface area contributed by atoms with Crippen LogP contribution in [0.5, 0.6) is 5.75 Å². The summed E-state index contributed by atoms with van der Waals surface area (Å²) < 4.78 is 6.06. The van der Waals surface area contributed by atoms with Gasteiger partial charge in [0.15, 0.2) is 5.65 Å². The Morgan fingerprint density at radius 1 is 1.16 bits per heavy atom. The van der Waals surface area contributed by atoms with Gasteiger partial charge in [-0.3, -0.25) is 9.69 Å². The number of benzene rings is 2. The van der Waals surface area contributed by atoms with Gasteiger partial charge in [-0.05, 0) is 66.9 Å². The number of H-pyrrole nitrogens is 1. The molecule has 10 heteroatoms. The van der Waals surface area contributed by atoms with E-state index in [1.54, 1.807) is 36.3 Å². The number of aromatic amines is 1. The topological polar surface area (TPSA) is 108 Å². The smallest absolute Gasteiger partial charge is 0.335 e. The monoisotopic (exact) mass is 530 g/mol. The highest BCUT2D eigenvalue weighted by Crippen LogP contribution is 2.35. The number of aromatic nitrogens is 3. The summed E-state index contributed by atoms with van der Waals surface area (Å²) in [5.41, 5.74) is 4.97. The zero-order valence-electron chi connectivity index (χ0n) is 20.0. The number of thiocarbonyl (C=S) groups is 1. The minimum absolute atomic E-state index is 0.152. The van der Waals surface area contributed by atoms with Gasteiger partial charge in [0.1, 0.15) is 15.9 Å². The van der Waals surface area contributed by atoms with Crippen molar-refractivity contribution in [2.75, 3.05) is 13.7 Å². The maximum Gasteiger partial charge on any atom is 0.335 e. The molecule has 0 aliphatic carbocycles. The molecule has 5 rings (SSSR count). The fourth-order valence-corrected chi connectivity index (χ4v) is 5.39. The molecule has 1 aliphatic rings. The van der Waals surface area contributed by atoms with Crippen molar-refractivity contribution in [1.82, 2.24) is 19.9 Å². The zero-order valence-corrected chi connectivity index (χ0v) is 21.7. The number of pyridine rings is 1. The molecule has 4 aromatic rings. The first kappa shape index (κ1) is 24.7. The molecule has 2 N–H and O–H groups in total. The van der Waals surface area contributed by atoms with Gasteiger partial charge >= 0.3 is 5.97 Å². The van der Waals surface area contributed by atoms with Crippen molar-refractivity contribution in [3.05, 3.63) is 82.0 Å². The second-order valence-electron chi connectivity index (χ2n) is 8.44. The summed E-state index contributed by atoms with van der Waals surface area (Å²) in [5.74, 6) is 0.335. The van der Waals surface area contributed by atoms with Crippen molar-refractivity contribution in [2.45, 2.75) is 13.3 Å². The number of aryl methyl sites for hydroxylation is 1. The van der Waals surface area contributed by atoms with Gasteiger partial charge in [-0.1, -0.05) is 42.2 Å². The van der Waals surface area contributed by atoms with Crippen LogP contribution in [0.4, 0.5) is 0 Å². The molecule has 37 heavy (non-hydrogen) atoms. The summed E-state index contributed by atoms with van der Waals surface area (Å²) in [4.78, 5) is 38.6. The van der Waals surface area contributed by atoms with Gasteiger partial charge in [-0.15, -0.1) is 0 Å². The molecular weight excluding hydrogens is 508 g/mol. The fourth-order valence-electron chi connectivity index (χ4n) is 4.08. The number of ether oxygens (including phenoxy) is 1. The van der Waals surface area contributed by atoms with E-state index >= 15 is 0 Å². The molecule has 8 nitrogen and oxygen atoms in total. The Kier molecular flexibility index (Phi) is 6.77. The predicted molar refractivity (Wildman–Crippen MR) is 148 cm³/mol. The molecule has 2 aromatic heterocycles. The van der Waals surface area contributed by atoms with Crippen LogP contribution in [0.25, 0.3) is 28.5 Å². The average Bonchev–Trinajstić information content (AvgIpc) is 3.39. The number of hydrogen-bond donors (Lipinski definition) is 2. The third-order valence-corrected chi connectivity index (χ3v) is 7.34. The highest BCUT2D eigenvalue weighted by Gasteiger charge is 2.31. The van der Waals surface area contributed by atoms with Gasteiger partial charge in [-0.25, -0.2) is 14.8 Å². The molecule has 1 fully saturated rings. The molecule has 0 spiro atoms. The molecule has 0 bridgehead atoms. The molecule has 1 amide bonds. The van der Waals surface area contributed by atoms with E-state index in [0.717, 1.165) is 28.0 Å². The number of aromatic carboxylic acids is 1. The van der Waals surface area contributed by atoms with Crippen molar-refractivity contribution in [3.63, 3.8) is 0 Å². The molecule has 0 atom stereocenters. The lowest BCUT2D eigenvalue weighted by molar-refractivity contribution is -0.122. The molecule has 1 saturated heterocycles. The summed E-state index contributed by atoms with van der Waals surface area (Å²) >= 11 is 6.74. The maximum atomic E-state index is 13.1. The lowest BCUT2D eigenvalue weighted by Crippen LogP contribution is -2.30. The summed E-state index contributed by atoms with van der Waals surface area (Å²) in [7, 11) is 1.61. The van der Waals surface area contributed by atoms with Gasteiger partial charge < -0.3 is 14.8 Å². The average molecular weight is 531 g/mol. The molecule has 186 valence electrons. The van der Waals surface area contributed by atoms with Crippen molar-refractivity contribution in [2.24, 2.45) is 0 Å². The standard InChI is InChI=1S/C27H22N4O4S2/c1-15-28-21-9-8-20(30-24(21)29-15)19-13-17(5-10-22(19)35-2)14-23-25(32)31(27(36)37-23)12-11-16-3-6-18(7-4-16)26(33)34/h3-10,13-14H,11-12H2,1-2H3,(H,33,34)(H,28,29,30). The zero-order chi connectivity index (χ0) is 26.1. The lowest BCUT2D eigenvalue weighted by atomic mass is 10.1. The SMILES string of the molecule is COc1ccc(C=C2SC(=S)N(CCc3ccc(C(=O)O)cc3)C2=O)cc1-c1ccc2[nH]c(C)nc2n1. The number of nitrogens with zero attached hydrogens (tertiary/aromatic N) is 3. The number of imidazole rings is 1. The van der Waals surface area contributed by atoms with Gasteiger partial charge in [0.2, 0.25) is 0 Å². The number of carboxylic acids is 1. The molecule has 1 aliphatic heterocycles. The highest BCUT2D eigenvalue weighted by atomic mass is 32.2. The largest absolute Gasteiger partial charge is 0.496 e. The normalized spacial score (nSPS) is 14.6. The van der Waals surface area contributed by atoms with E-state index in [9.17, 15) is 9.59 Å². The third-order valence-electron chi connectivity index (χ3n) is 5.96. The van der Waals surface area contributed by atoms with Crippen LogP contribution in [0.3, 0.4) is 0 Å². The predicted octanol–water partition coefficient (Wildman–Crippen LogP) is 5.08. The number of nitrogens with one attached hydrogen (secondary N) is 1. The Bertz CT molecular complexity index is 1580. The van der Waals surface area contributed by atoms with Gasteiger partial charge in [0, 0.05) is 12.1 Å². The number of methoxy groups -OCH3 is 1. The quantitative estimate of drug-likeness (QED) is 0.251. The Hall–Kier alpha value is -4.02. The van der Waals surface area contributed by atoms with Crippen molar-refractivity contribution >= 4 is 57.4 Å². The van der Waals surface area contributed by atoms with E-state index in [1.807, 2.05) is 43.3 Å². The van der Waals surface area contributed by atoms with E-state index in [-0.39, 0.29) is 11.5 Å². The van der Waals surface area contributed by atoms with Crippen LogP contribution in [0.15, 0.2) is 59.5 Å². The Labute approximate surface area is 222 Å². The molecule has 3 heterocycles. The number of carbonyl (C=O) groups is 2. The Balaban J connectivity index is 1.36. The van der Waals surface area contributed by atoms with Gasteiger partial charge in [0.05, 0.1) is 28.8 Å². The minimum Gasteiger partial charge on any atom is -0.496 e. The number of hydrogen-bond acceptors (Lipinski definition) is 7. The van der Waals surface area contributed by atoms with E-state index in [2.05, 4.69) is 15.0 Å². The number of carbonyl (C=O) groups excluding carboxylic acids is 1. The second kappa shape index (κ2) is 10.2. The summed E-state index contributed by atoms with van der Waals surface area (Å²) in [6.07, 6.45) is 2.38. The third kappa shape index (κ3) is 5.11. The van der Waals surface area contributed by atoms with Crippen LogP contribution in [-0.2, 0) is 11.2 Å². The Morgan fingerprint density at radius 2 is 1.95 bits per heavy atom. The van der Waals surface area contributed by atoms with Crippen molar-refractivity contribution in [3.8, 4) is 17.0 Å². The van der Waals surface area contributed by atoms with Crippen LogP contribution in [0.2, 0.25) is 0 Å². The first-order valence-corrected chi connectivity index (χ1v) is 12.6. The minimum atomic E-state index is -0.970. The van der Waals surface area contributed by atoms with Crippen molar-refractivity contribution < 1.29 is 19.4 Å². The summed E-state index contributed by atoms with van der Waals surface area (Å²) in [6.45, 7) is 2.29. The number of thioether (sulfide) groups is 1. The molecule has 2 aromatic carbocycles. The number of rotatable bonds is 7. The first-order valence-electron chi connectivity index (χ1n) is 11.4. The van der Waals surface area contributed by atoms with Crippen LogP contribution in [0, 0.1) is 6.92 Å². The van der Waals surface area contributed by atoms with Gasteiger partial charge in [-0.2, -0.15) is 0 Å². The highest BCUT2D eigenvalue weighted by molar-refractivity contribution is 8.26. The second-order valence-corrected chi connectivity index (χ2v) is 10.1. The van der Waals surface area contributed by atoms with E-state index < -0.39 is 5.97 Å². The summed E-state index contributed by atoms with van der Waals surface area (Å²) in [5, 5.41) is 9.06. The van der Waals surface area contributed by atoms with E-state index in [1.165, 1.54) is 11.8 Å². The number of amides is 1. The molecule has 0 saturated carbocycles. The van der Waals surface area contributed by atoms with Crippen LogP contribution in [-0.4, -0.2) is 54.8 Å². The van der Waals surface area contributed by atoms with E-state index in [4.69, 9.17) is 22.1 Å².